The first kappa shape index (κ1) is 16.4. The predicted molar refractivity (Wildman–Crippen MR) is 94.0 cm³/mol. The van der Waals surface area contributed by atoms with Gasteiger partial charge in [0.2, 0.25) is 0 Å². The molecule has 0 unspecified atom stereocenters. The summed E-state index contributed by atoms with van der Waals surface area (Å²) in [6, 6.07) is 9.68. The highest BCUT2D eigenvalue weighted by Crippen LogP contribution is 2.26. The number of thiazole rings is 1. The summed E-state index contributed by atoms with van der Waals surface area (Å²) in [5, 5.41) is 9.66. The van der Waals surface area contributed by atoms with Crippen LogP contribution in [0.25, 0.3) is 10.6 Å². The van der Waals surface area contributed by atoms with E-state index in [0.29, 0.717) is 23.9 Å². The van der Waals surface area contributed by atoms with E-state index in [0.717, 1.165) is 21.8 Å². The normalized spacial score (nSPS) is 11.0. The number of aromatic nitrogens is 2. The molecule has 0 bridgehead atoms. The standard InChI is InChI=1S/C18H19N3O2S/c1-11(2)16-10-24-18(20-16)14-6-4-13(5-7-14)9-19-17(22)15-8-12(3)23-21-15/h4-8,10-11H,9H2,1-3H3,(H,19,22). The van der Waals surface area contributed by atoms with Crippen molar-refractivity contribution in [3.05, 3.63) is 58.4 Å². The van der Waals surface area contributed by atoms with E-state index in [2.05, 4.69) is 34.7 Å². The molecular formula is C18H19N3O2S. The minimum atomic E-state index is -0.238. The minimum Gasteiger partial charge on any atom is -0.361 e. The van der Waals surface area contributed by atoms with Crippen LogP contribution in [-0.2, 0) is 6.54 Å². The fourth-order valence-corrected chi connectivity index (χ4v) is 3.18. The van der Waals surface area contributed by atoms with Crippen LogP contribution in [0.4, 0.5) is 0 Å². The Morgan fingerprint density at radius 2 is 2.04 bits per heavy atom. The van der Waals surface area contributed by atoms with Gasteiger partial charge in [0.1, 0.15) is 10.8 Å². The minimum absolute atomic E-state index is 0.238. The Morgan fingerprint density at radius 3 is 2.62 bits per heavy atom. The molecular weight excluding hydrogens is 322 g/mol. The number of hydrogen-bond donors (Lipinski definition) is 1. The van der Waals surface area contributed by atoms with Gasteiger partial charge in [-0.2, -0.15) is 0 Å². The van der Waals surface area contributed by atoms with E-state index >= 15 is 0 Å². The quantitative estimate of drug-likeness (QED) is 0.756. The van der Waals surface area contributed by atoms with Crippen molar-refractivity contribution in [1.82, 2.24) is 15.5 Å². The van der Waals surface area contributed by atoms with Gasteiger partial charge in [-0.3, -0.25) is 4.79 Å². The molecule has 0 spiro atoms. The van der Waals surface area contributed by atoms with Crippen molar-refractivity contribution < 1.29 is 9.32 Å². The van der Waals surface area contributed by atoms with Crippen molar-refractivity contribution in [2.45, 2.75) is 33.2 Å². The van der Waals surface area contributed by atoms with Crippen LogP contribution in [-0.4, -0.2) is 16.0 Å². The number of nitrogens with zero attached hydrogens (tertiary/aromatic N) is 2. The Hall–Kier alpha value is -2.47. The first-order valence-electron chi connectivity index (χ1n) is 7.79. The van der Waals surface area contributed by atoms with Gasteiger partial charge in [0.15, 0.2) is 5.69 Å². The first-order valence-corrected chi connectivity index (χ1v) is 8.67. The fourth-order valence-electron chi connectivity index (χ4n) is 2.20. The van der Waals surface area contributed by atoms with Gasteiger partial charge in [0.05, 0.1) is 5.69 Å². The lowest BCUT2D eigenvalue weighted by molar-refractivity contribution is 0.0942. The predicted octanol–water partition coefficient (Wildman–Crippen LogP) is 4.16. The van der Waals surface area contributed by atoms with E-state index in [1.807, 2.05) is 24.3 Å². The second-order valence-corrected chi connectivity index (χ2v) is 6.79. The average Bonchev–Trinajstić information content (AvgIpc) is 3.22. The molecule has 0 aliphatic carbocycles. The highest BCUT2D eigenvalue weighted by molar-refractivity contribution is 7.13. The molecule has 24 heavy (non-hydrogen) atoms. The molecule has 0 atom stereocenters. The zero-order chi connectivity index (χ0) is 17.1. The van der Waals surface area contributed by atoms with Gasteiger partial charge in [0.25, 0.3) is 5.91 Å². The molecule has 0 aliphatic heterocycles. The van der Waals surface area contributed by atoms with E-state index < -0.39 is 0 Å². The van der Waals surface area contributed by atoms with Crippen LogP contribution in [0.5, 0.6) is 0 Å². The second-order valence-electron chi connectivity index (χ2n) is 5.93. The number of amides is 1. The Bertz CT molecular complexity index is 834. The molecule has 1 aromatic carbocycles. The summed E-state index contributed by atoms with van der Waals surface area (Å²) in [4.78, 5) is 16.6. The molecule has 2 heterocycles. The van der Waals surface area contributed by atoms with Crippen LogP contribution in [0.15, 0.2) is 40.2 Å². The molecule has 0 saturated heterocycles. The average molecular weight is 341 g/mol. The Kier molecular flexibility index (Phi) is 4.76. The lowest BCUT2D eigenvalue weighted by Gasteiger charge is -2.04. The van der Waals surface area contributed by atoms with Crippen molar-refractivity contribution >= 4 is 17.2 Å². The highest BCUT2D eigenvalue weighted by atomic mass is 32.1. The van der Waals surface area contributed by atoms with Crippen molar-refractivity contribution in [3.8, 4) is 10.6 Å². The van der Waals surface area contributed by atoms with Crippen LogP contribution in [0.1, 0.15) is 47.3 Å². The zero-order valence-electron chi connectivity index (χ0n) is 13.9. The summed E-state index contributed by atoms with van der Waals surface area (Å²) < 4.78 is 4.90. The van der Waals surface area contributed by atoms with E-state index in [1.165, 1.54) is 0 Å². The summed E-state index contributed by atoms with van der Waals surface area (Å²) >= 11 is 1.66. The molecule has 0 aliphatic rings. The number of aryl methyl sites for hydroxylation is 1. The molecule has 124 valence electrons. The molecule has 5 nitrogen and oxygen atoms in total. The highest BCUT2D eigenvalue weighted by Gasteiger charge is 2.11. The summed E-state index contributed by atoms with van der Waals surface area (Å²) in [6.45, 7) is 6.48. The third-order valence-corrected chi connectivity index (χ3v) is 4.54. The SMILES string of the molecule is Cc1cc(C(=O)NCc2ccc(-c3nc(C(C)C)cs3)cc2)no1. The van der Waals surface area contributed by atoms with Crippen LogP contribution < -0.4 is 5.32 Å². The fraction of sp³-hybridized carbons (Fsp3) is 0.278. The maximum atomic E-state index is 11.9. The number of carbonyl (C=O) groups excluding carboxylic acids is 1. The molecule has 2 aromatic heterocycles. The van der Waals surface area contributed by atoms with Crippen molar-refractivity contribution in [3.63, 3.8) is 0 Å². The third kappa shape index (κ3) is 3.71. The summed E-state index contributed by atoms with van der Waals surface area (Å²) in [5.74, 6) is 0.816. The Balaban J connectivity index is 1.63. The molecule has 6 heteroatoms. The topological polar surface area (TPSA) is 68.0 Å². The van der Waals surface area contributed by atoms with Crippen LogP contribution in [0.3, 0.4) is 0 Å². The molecule has 0 radical (unpaired) electrons. The monoisotopic (exact) mass is 341 g/mol. The van der Waals surface area contributed by atoms with Gasteiger partial charge in [-0.05, 0) is 18.4 Å². The second kappa shape index (κ2) is 6.97. The lowest BCUT2D eigenvalue weighted by Crippen LogP contribution is -2.22. The third-order valence-electron chi connectivity index (χ3n) is 3.63. The first-order chi connectivity index (χ1) is 11.5. The molecule has 0 fully saturated rings. The maximum absolute atomic E-state index is 11.9. The van der Waals surface area contributed by atoms with E-state index in [-0.39, 0.29) is 5.91 Å². The van der Waals surface area contributed by atoms with E-state index in [9.17, 15) is 4.79 Å². The summed E-state index contributed by atoms with van der Waals surface area (Å²) in [6.07, 6.45) is 0. The number of carbonyl (C=O) groups is 1. The van der Waals surface area contributed by atoms with Crippen LogP contribution >= 0.6 is 11.3 Å². The number of nitrogens with one attached hydrogen (secondary N) is 1. The van der Waals surface area contributed by atoms with E-state index in [1.54, 1.807) is 24.3 Å². The zero-order valence-corrected chi connectivity index (χ0v) is 14.7. The molecule has 1 N–H and O–H groups in total. The van der Waals surface area contributed by atoms with Gasteiger partial charge in [-0.1, -0.05) is 43.3 Å². The molecule has 3 rings (SSSR count). The maximum Gasteiger partial charge on any atom is 0.273 e. The summed E-state index contributed by atoms with van der Waals surface area (Å²) in [5.41, 5.74) is 3.53. The van der Waals surface area contributed by atoms with Crippen molar-refractivity contribution in [2.75, 3.05) is 0 Å². The van der Waals surface area contributed by atoms with Crippen molar-refractivity contribution in [1.29, 1.82) is 0 Å². The van der Waals surface area contributed by atoms with Gasteiger partial charge in [-0.25, -0.2) is 4.98 Å². The van der Waals surface area contributed by atoms with E-state index in [4.69, 9.17) is 4.52 Å². The van der Waals surface area contributed by atoms with Gasteiger partial charge in [-0.15, -0.1) is 11.3 Å². The van der Waals surface area contributed by atoms with Gasteiger partial charge < -0.3 is 9.84 Å². The van der Waals surface area contributed by atoms with Crippen LogP contribution in [0, 0.1) is 6.92 Å². The smallest absolute Gasteiger partial charge is 0.273 e. The van der Waals surface area contributed by atoms with Gasteiger partial charge in [0, 0.05) is 23.6 Å². The molecule has 3 aromatic rings. The Morgan fingerprint density at radius 1 is 1.29 bits per heavy atom. The van der Waals surface area contributed by atoms with Crippen LogP contribution in [0.2, 0.25) is 0 Å². The van der Waals surface area contributed by atoms with Crippen molar-refractivity contribution in [2.24, 2.45) is 0 Å². The number of rotatable bonds is 5. The molecule has 1 amide bonds. The lowest BCUT2D eigenvalue weighted by atomic mass is 10.1. The number of hydrogen-bond acceptors (Lipinski definition) is 5. The number of benzene rings is 1. The van der Waals surface area contributed by atoms with Gasteiger partial charge >= 0.3 is 0 Å². The largest absolute Gasteiger partial charge is 0.361 e. The summed E-state index contributed by atoms with van der Waals surface area (Å²) in [7, 11) is 0. The Labute approximate surface area is 144 Å². The molecule has 0 saturated carbocycles.